The fourth-order valence-electron chi connectivity index (χ4n) is 1.99. The van der Waals surface area contributed by atoms with Crippen molar-refractivity contribution in [1.29, 1.82) is 0 Å². The molecule has 1 aromatic heterocycles. The van der Waals surface area contributed by atoms with Crippen molar-refractivity contribution in [2.24, 2.45) is 0 Å². The maximum atomic E-state index is 4.50. The average Bonchev–Trinajstić information content (AvgIpc) is 2.69. The molecule has 0 fully saturated rings. The first-order valence-corrected chi connectivity index (χ1v) is 6.51. The van der Waals surface area contributed by atoms with Crippen LogP contribution in [0.15, 0.2) is 30.5 Å². The molecule has 0 aliphatic heterocycles. The van der Waals surface area contributed by atoms with Gasteiger partial charge >= 0.3 is 0 Å². The van der Waals surface area contributed by atoms with Crippen LogP contribution >= 0.6 is 0 Å². The van der Waals surface area contributed by atoms with Crippen molar-refractivity contribution >= 4 is 11.6 Å². The van der Waals surface area contributed by atoms with Gasteiger partial charge in [-0.25, -0.2) is 4.98 Å². The lowest BCUT2D eigenvalue weighted by Crippen LogP contribution is -2.01. The molecule has 0 unspecified atom stereocenters. The number of rotatable bonds is 4. The predicted octanol–water partition coefficient (Wildman–Crippen LogP) is 4.08. The minimum absolute atomic E-state index is 0.541. The number of aromatic nitrogens is 2. The quantitative estimate of drug-likeness (QED) is 0.877. The Labute approximate surface area is 109 Å². The summed E-state index contributed by atoms with van der Waals surface area (Å²) in [4.78, 5) is 4.50. The van der Waals surface area contributed by atoms with E-state index in [0.717, 1.165) is 23.9 Å². The molecule has 18 heavy (non-hydrogen) atoms. The zero-order valence-corrected chi connectivity index (χ0v) is 11.6. The van der Waals surface area contributed by atoms with Gasteiger partial charge in [0.05, 0.1) is 5.69 Å². The van der Waals surface area contributed by atoms with E-state index in [0.29, 0.717) is 5.92 Å². The fourth-order valence-corrected chi connectivity index (χ4v) is 1.99. The highest BCUT2D eigenvalue weighted by molar-refractivity contribution is 5.55. The Morgan fingerprint density at radius 3 is 2.78 bits per heavy atom. The molecule has 3 nitrogen and oxygen atoms in total. The minimum Gasteiger partial charge on any atom is -0.326 e. The van der Waals surface area contributed by atoms with Crippen LogP contribution in [-0.2, 0) is 6.54 Å². The minimum atomic E-state index is 0.541. The Morgan fingerprint density at radius 1 is 1.33 bits per heavy atom. The van der Waals surface area contributed by atoms with Gasteiger partial charge in [0, 0.05) is 18.4 Å². The number of nitrogens with one attached hydrogen (secondary N) is 1. The summed E-state index contributed by atoms with van der Waals surface area (Å²) in [5, 5.41) is 3.39. The van der Waals surface area contributed by atoms with Crippen LogP contribution in [0.4, 0.5) is 11.6 Å². The van der Waals surface area contributed by atoms with Crippen LogP contribution in [-0.4, -0.2) is 9.55 Å². The Morgan fingerprint density at radius 2 is 2.11 bits per heavy atom. The molecule has 1 N–H and O–H groups in total. The molecule has 3 heteroatoms. The molecule has 0 spiro atoms. The Balaban J connectivity index is 2.25. The third kappa shape index (κ3) is 2.73. The third-order valence-electron chi connectivity index (χ3n) is 3.05. The van der Waals surface area contributed by atoms with Crippen molar-refractivity contribution in [2.45, 2.75) is 40.2 Å². The number of benzene rings is 1. The standard InChI is InChI=1S/C15H21N3/c1-5-18-10-12(4)16-15(18)17-14-8-6-7-13(9-14)11(2)3/h6-11H,5H2,1-4H3,(H,16,17). The van der Waals surface area contributed by atoms with Crippen molar-refractivity contribution in [3.8, 4) is 0 Å². The van der Waals surface area contributed by atoms with Crippen LogP contribution in [0.5, 0.6) is 0 Å². The van der Waals surface area contributed by atoms with E-state index in [1.807, 2.05) is 6.92 Å². The Kier molecular flexibility index (Phi) is 3.70. The fraction of sp³-hybridized carbons (Fsp3) is 0.400. The van der Waals surface area contributed by atoms with Crippen LogP contribution in [0, 0.1) is 6.92 Å². The maximum absolute atomic E-state index is 4.50. The van der Waals surface area contributed by atoms with Gasteiger partial charge in [0.15, 0.2) is 0 Å². The summed E-state index contributed by atoms with van der Waals surface area (Å²) in [5.74, 6) is 1.45. The van der Waals surface area contributed by atoms with Crippen molar-refractivity contribution in [3.05, 3.63) is 41.7 Å². The van der Waals surface area contributed by atoms with Gasteiger partial charge in [-0.3, -0.25) is 0 Å². The molecular weight excluding hydrogens is 222 g/mol. The van der Waals surface area contributed by atoms with Crippen LogP contribution < -0.4 is 5.32 Å². The lowest BCUT2D eigenvalue weighted by atomic mass is 10.0. The van der Waals surface area contributed by atoms with E-state index in [4.69, 9.17) is 0 Å². The molecule has 2 rings (SSSR count). The molecule has 96 valence electrons. The first-order valence-electron chi connectivity index (χ1n) is 6.51. The molecule has 1 aromatic carbocycles. The summed E-state index contributed by atoms with van der Waals surface area (Å²) in [6, 6.07) is 8.52. The third-order valence-corrected chi connectivity index (χ3v) is 3.05. The van der Waals surface area contributed by atoms with Gasteiger partial charge in [0.25, 0.3) is 0 Å². The molecule has 0 radical (unpaired) electrons. The summed E-state index contributed by atoms with van der Waals surface area (Å²) in [6.07, 6.45) is 2.06. The van der Waals surface area contributed by atoms with Crippen LogP contribution in [0.1, 0.15) is 37.9 Å². The second-order valence-corrected chi connectivity index (χ2v) is 4.90. The second kappa shape index (κ2) is 5.25. The monoisotopic (exact) mass is 243 g/mol. The number of hydrogen-bond acceptors (Lipinski definition) is 2. The molecule has 0 saturated carbocycles. The van der Waals surface area contributed by atoms with E-state index in [2.05, 4.69) is 66.1 Å². The van der Waals surface area contributed by atoms with Gasteiger partial charge in [-0.05, 0) is 37.5 Å². The highest BCUT2D eigenvalue weighted by atomic mass is 15.2. The van der Waals surface area contributed by atoms with Crippen molar-refractivity contribution in [3.63, 3.8) is 0 Å². The zero-order valence-electron chi connectivity index (χ0n) is 11.6. The molecule has 0 aliphatic carbocycles. The molecule has 2 aromatic rings. The summed E-state index contributed by atoms with van der Waals surface area (Å²) in [5.41, 5.74) is 3.48. The first-order chi connectivity index (χ1) is 8.60. The van der Waals surface area contributed by atoms with Crippen molar-refractivity contribution in [2.75, 3.05) is 5.32 Å². The molecule has 1 heterocycles. The maximum Gasteiger partial charge on any atom is 0.207 e. The molecular formula is C15H21N3. The Bertz CT molecular complexity index is 526. The van der Waals surface area contributed by atoms with Gasteiger partial charge in [-0.15, -0.1) is 0 Å². The van der Waals surface area contributed by atoms with Crippen LogP contribution in [0.3, 0.4) is 0 Å². The van der Waals surface area contributed by atoms with Gasteiger partial charge in [-0.2, -0.15) is 0 Å². The average molecular weight is 243 g/mol. The molecule has 0 saturated heterocycles. The van der Waals surface area contributed by atoms with E-state index < -0.39 is 0 Å². The first kappa shape index (κ1) is 12.7. The number of imidazole rings is 1. The van der Waals surface area contributed by atoms with E-state index >= 15 is 0 Å². The highest BCUT2D eigenvalue weighted by Crippen LogP contribution is 2.21. The van der Waals surface area contributed by atoms with Crippen LogP contribution in [0.2, 0.25) is 0 Å². The van der Waals surface area contributed by atoms with Gasteiger partial charge in [0.2, 0.25) is 5.95 Å². The Hall–Kier alpha value is -1.77. The zero-order chi connectivity index (χ0) is 13.1. The predicted molar refractivity (Wildman–Crippen MR) is 76.5 cm³/mol. The normalized spacial score (nSPS) is 10.9. The summed E-state index contributed by atoms with van der Waals surface area (Å²) >= 11 is 0. The largest absolute Gasteiger partial charge is 0.326 e. The SMILES string of the molecule is CCn1cc(C)nc1Nc1cccc(C(C)C)c1. The van der Waals surface area contributed by atoms with Gasteiger partial charge in [-0.1, -0.05) is 26.0 Å². The lowest BCUT2D eigenvalue weighted by Gasteiger charge is -2.10. The van der Waals surface area contributed by atoms with Gasteiger partial charge in [0.1, 0.15) is 0 Å². The number of anilines is 2. The topological polar surface area (TPSA) is 29.9 Å². The number of hydrogen-bond donors (Lipinski definition) is 1. The van der Waals surface area contributed by atoms with Gasteiger partial charge < -0.3 is 9.88 Å². The smallest absolute Gasteiger partial charge is 0.207 e. The summed E-state index contributed by atoms with van der Waals surface area (Å²) < 4.78 is 2.12. The summed E-state index contributed by atoms with van der Waals surface area (Å²) in [6.45, 7) is 9.47. The number of aryl methyl sites for hydroxylation is 2. The van der Waals surface area contributed by atoms with Crippen LogP contribution in [0.25, 0.3) is 0 Å². The van der Waals surface area contributed by atoms with Crippen molar-refractivity contribution in [1.82, 2.24) is 9.55 Å². The molecule has 0 atom stereocenters. The molecule has 0 aliphatic rings. The van der Waals surface area contributed by atoms with E-state index in [1.54, 1.807) is 0 Å². The van der Waals surface area contributed by atoms with E-state index in [1.165, 1.54) is 5.56 Å². The van der Waals surface area contributed by atoms with Crippen molar-refractivity contribution < 1.29 is 0 Å². The lowest BCUT2D eigenvalue weighted by molar-refractivity contribution is 0.771. The van der Waals surface area contributed by atoms with E-state index in [9.17, 15) is 0 Å². The van der Waals surface area contributed by atoms with E-state index in [-0.39, 0.29) is 0 Å². The highest BCUT2D eigenvalue weighted by Gasteiger charge is 2.05. The summed E-state index contributed by atoms with van der Waals surface area (Å²) in [7, 11) is 0. The number of nitrogens with zero attached hydrogens (tertiary/aromatic N) is 2. The molecule has 0 bridgehead atoms. The second-order valence-electron chi connectivity index (χ2n) is 4.90. The molecule has 0 amide bonds.